The number of hydrogen-bond donors (Lipinski definition) is 1. The lowest BCUT2D eigenvalue weighted by Crippen LogP contribution is -2.52. The Bertz CT molecular complexity index is 610. The van der Waals surface area contributed by atoms with Gasteiger partial charge in [0.15, 0.2) is 0 Å². The van der Waals surface area contributed by atoms with Gasteiger partial charge in [-0.3, -0.25) is 9.58 Å². The number of nitrogens with one attached hydrogen (secondary N) is 1. The summed E-state index contributed by atoms with van der Waals surface area (Å²) in [4.78, 5) is 2.27. The van der Waals surface area contributed by atoms with E-state index in [2.05, 4.69) is 41.7 Å². The highest BCUT2D eigenvalue weighted by Gasteiger charge is 2.27. The van der Waals surface area contributed by atoms with Gasteiger partial charge in [0.25, 0.3) is 10.2 Å². The molecular formula is C15H29N5O2S. The van der Waals surface area contributed by atoms with E-state index >= 15 is 0 Å². The van der Waals surface area contributed by atoms with Crippen LogP contribution >= 0.6 is 0 Å². The molecule has 8 heteroatoms. The van der Waals surface area contributed by atoms with E-state index in [1.807, 2.05) is 24.7 Å². The molecule has 7 nitrogen and oxygen atoms in total. The molecule has 0 bridgehead atoms. The molecule has 1 saturated heterocycles. The first-order valence-corrected chi connectivity index (χ1v) is 9.56. The topological polar surface area (TPSA) is 70.5 Å². The van der Waals surface area contributed by atoms with Gasteiger partial charge in [0.1, 0.15) is 0 Å². The number of hydrogen-bond acceptors (Lipinski definition) is 4. The van der Waals surface area contributed by atoms with E-state index in [9.17, 15) is 8.42 Å². The monoisotopic (exact) mass is 343 g/mol. The molecule has 1 aromatic rings. The summed E-state index contributed by atoms with van der Waals surface area (Å²) in [6.07, 6.45) is 3.97. The highest BCUT2D eigenvalue weighted by molar-refractivity contribution is 7.87. The zero-order chi connectivity index (χ0) is 17.3. The molecule has 2 heterocycles. The van der Waals surface area contributed by atoms with Gasteiger partial charge in [-0.25, -0.2) is 0 Å². The molecule has 1 aliphatic heterocycles. The average molecular weight is 343 g/mol. The molecule has 0 atom stereocenters. The molecule has 0 amide bonds. The summed E-state index contributed by atoms with van der Waals surface area (Å²) in [7, 11) is -3.35. The van der Waals surface area contributed by atoms with E-state index in [1.165, 1.54) is 4.31 Å². The molecule has 132 valence electrons. The number of aromatic nitrogens is 2. The Morgan fingerprint density at radius 2 is 1.83 bits per heavy atom. The van der Waals surface area contributed by atoms with E-state index < -0.39 is 10.2 Å². The van der Waals surface area contributed by atoms with Gasteiger partial charge in [-0.1, -0.05) is 0 Å². The highest BCUT2D eigenvalue weighted by atomic mass is 32.2. The van der Waals surface area contributed by atoms with E-state index in [0.717, 1.165) is 25.2 Å². The van der Waals surface area contributed by atoms with Crippen molar-refractivity contribution in [3.8, 4) is 0 Å². The molecule has 0 saturated carbocycles. The fourth-order valence-electron chi connectivity index (χ4n) is 2.57. The second kappa shape index (κ2) is 6.88. The third kappa shape index (κ3) is 5.00. The van der Waals surface area contributed by atoms with Crippen LogP contribution in [-0.4, -0.2) is 59.6 Å². The third-order valence-electron chi connectivity index (χ3n) is 3.79. The van der Waals surface area contributed by atoms with Gasteiger partial charge < -0.3 is 0 Å². The lowest BCUT2D eigenvalue weighted by molar-refractivity contribution is 0.180. The van der Waals surface area contributed by atoms with Crippen LogP contribution in [0.15, 0.2) is 12.4 Å². The Morgan fingerprint density at radius 1 is 1.22 bits per heavy atom. The Morgan fingerprint density at radius 3 is 2.30 bits per heavy atom. The minimum absolute atomic E-state index is 0.0203. The molecule has 0 spiro atoms. The molecule has 0 aromatic carbocycles. The van der Waals surface area contributed by atoms with Crippen molar-refractivity contribution in [3.63, 3.8) is 0 Å². The Hall–Kier alpha value is -0.960. The van der Waals surface area contributed by atoms with Crippen molar-refractivity contribution in [2.24, 2.45) is 0 Å². The van der Waals surface area contributed by atoms with Gasteiger partial charge in [-0.2, -0.15) is 22.5 Å². The van der Waals surface area contributed by atoms with E-state index in [-0.39, 0.29) is 11.6 Å². The van der Waals surface area contributed by atoms with E-state index in [4.69, 9.17) is 0 Å². The predicted octanol–water partition coefficient (Wildman–Crippen LogP) is 0.999. The Labute approximate surface area is 139 Å². The van der Waals surface area contributed by atoms with E-state index in [1.54, 1.807) is 0 Å². The van der Waals surface area contributed by atoms with Crippen LogP contribution in [0.1, 0.15) is 40.2 Å². The van der Waals surface area contributed by atoms with E-state index in [0.29, 0.717) is 13.1 Å². The lowest BCUT2D eigenvalue weighted by atomic mass is 10.1. The number of nitrogens with zero attached hydrogens (tertiary/aromatic N) is 4. The van der Waals surface area contributed by atoms with Gasteiger partial charge in [0.05, 0.1) is 11.7 Å². The normalized spacial score (nSPS) is 18.7. The van der Waals surface area contributed by atoms with Crippen molar-refractivity contribution in [1.82, 2.24) is 23.7 Å². The van der Waals surface area contributed by atoms with Crippen LogP contribution in [0.3, 0.4) is 0 Å². The van der Waals surface area contributed by atoms with Crippen molar-refractivity contribution >= 4 is 10.2 Å². The van der Waals surface area contributed by atoms with Gasteiger partial charge in [-0.05, 0) is 34.6 Å². The molecule has 23 heavy (non-hydrogen) atoms. The standard InChI is InChI=1S/C15H29N5O2S/c1-13(2)17-23(21,22)19-8-6-18(7-9-19)11-14-10-16-20(12-14)15(3,4)5/h10,12-13,17H,6-9,11H2,1-5H3. The second-order valence-corrected chi connectivity index (χ2v) is 9.12. The summed E-state index contributed by atoms with van der Waals surface area (Å²) in [5, 5.41) is 4.41. The summed E-state index contributed by atoms with van der Waals surface area (Å²) in [6, 6.07) is -0.0822. The Balaban J connectivity index is 1.89. The molecule has 0 unspecified atom stereocenters. The fraction of sp³-hybridized carbons (Fsp3) is 0.800. The first-order valence-electron chi connectivity index (χ1n) is 8.12. The zero-order valence-electron chi connectivity index (χ0n) is 14.8. The molecule has 0 aliphatic carbocycles. The van der Waals surface area contributed by atoms with Crippen molar-refractivity contribution in [2.75, 3.05) is 26.2 Å². The lowest BCUT2D eigenvalue weighted by Gasteiger charge is -2.34. The average Bonchev–Trinajstić information content (AvgIpc) is 2.86. The predicted molar refractivity (Wildman–Crippen MR) is 91.3 cm³/mol. The minimum Gasteiger partial charge on any atom is -0.296 e. The molecule has 0 radical (unpaired) electrons. The summed E-state index contributed by atoms with van der Waals surface area (Å²) >= 11 is 0. The molecule has 1 N–H and O–H groups in total. The van der Waals surface area contributed by atoms with Crippen LogP contribution in [0.4, 0.5) is 0 Å². The summed E-state index contributed by atoms with van der Waals surface area (Å²) < 4.78 is 30.5. The van der Waals surface area contributed by atoms with Crippen molar-refractivity contribution in [2.45, 2.75) is 52.7 Å². The summed E-state index contributed by atoms with van der Waals surface area (Å²) in [5.41, 5.74) is 1.14. The van der Waals surface area contributed by atoms with Crippen LogP contribution in [-0.2, 0) is 22.3 Å². The fourth-order valence-corrected chi connectivity index (χ4v) is 3.96. The van der Waals surface area contributed by atoms with Crippen molar-refractivity contribution in [3.05, 3.63) is 18.0 Å². The maximum atomic E-state index is 12.2. The van der Waals surface area contributed by atoms with Gasteiger partial charge in [0.2, 0.25) is 0 Å². The van der Waals surface area contributed by atoms with Crippen LogP contribution in [0.25, 0.3) is 0 Å². The number of piperazine rings is 1. The molecule has 1 aromatic heterocycles. The van der Waals surface area contributed by atoms with Crippen molar-refractivity contribution < 1.29 is 8.42 Å². The minimum atomic E-state index is -3.35. The van der Waals surface area contributed by atoms with Gasteiger partial charge in [0, 0.05) is 50.5 Å². The molecule has 1 fully saturated rings. The third-order valence-corrected chi connectivity index (χ3v) is 5.60. The van der Waals surface area contributed by atoms with Crippen LogP contribution in [0.5, 0.6) is 0 Å². The Kier molecular flexibility index (Phi) is 5.50. The van der Waals surface area contributed by atoms with Crippen LogP contribution in [0.2, 0.25) is 0 Å². The first kappa shape index (κ1) is 18.4. The first-order chi connectivity index (χ1) is 10.6. The second-order valence-electron chi connectivity index (χ2n) is 7.42. The van der Waals surface area contributed by atoms with Gasteiger partial charge in [-0.15, -0.1) is 0 Å². The summed E-state index contributed by atoms with van der Waals surface area (Å²) in [5.74, 6) is 0. The van der Waals surface area contributed by atoms with Crippen LogP contribution < -0.4 is 4.72 Å². The quantitative estimate of drug-likeness (QED) is 0.866. The zero-order valence-corrected chi connectivity index (χ0v) is 15.6. The summed E-state index contributed by atoms with van der Waals surface area (Å²) in [6.45, 7) is 13.4. The largest absolute Gasteiger partial charge is 0.296 e. The maximum Gasteiger partial charge on any atom is 0.279 e. The molecule has 2 rings (SSSR count). The highest BCUT2D eigenvalue weighted by Crippen LogP contribution is 2.15. The van der Waals surface area contributed by atoms with Crippen LogP contribution in [0, 0.1) is 0 Å². The van der Waals surface area contributed by atoms with Crippen molar-refractivity contribution in [1.29, 1.82) is 0 Å². The number of rotatable bonds is 5. The molecular weight excluding hydrogens is 314 g/mol. The van der Waals surface area contributed by atoms with Gasteiger partial charge >= 0.3 is 0 Å². The molecule has 1 aliphatic rings. The SMILES string of the molecule is CC(C)NS(=O)(=O)N1CCN(Cc2cnn(C(C)(C)C)c2)CC1. The smallest absolute Gasteiger partial charge is 0.279 e. The maximum absolute atomic E-state index is 12.2.